The van der Waals surface area contributed by atoms with Crippen LogP contribution in [-0.4, -0.2) is 22.2 Å². The van der Waals surface area contributed by atoms with E-state index in [2.05, 4.69) is 21.9 Å². The predicted molar refractivity (Wildman–Crippen MR) is 138 cm³/mol. The molecule has 176 valence electrons. The summed E-state index contributed by atoms with van der Waals surface area (Å²) in [5.74, 6) is 1.20. The Bertz CT molecular complexity index is 1460. The normalized spacial score (nSPS) is 19.2. The average Bonchev–Trinajstić information content (AvgIpc) is 3.53. The number of nitrogens with zero attached hydrogens (tertiary/aromatic N) is 1. The smallest absolute Gasteiger partial charge is 0.277 e. The molecule has 0 radical (unpaired) electrons. The highest BCUT2D eigenvalue weighted by molar-refractivity contribution is 7.10. The fourth-order valence-electron chi connectivity index (χ4n) is 5.23. The van der Waals surface area contributed by atoms with E-state index in [0.29, 0.717) is 30.0 Å². The van der Waals surface area contributed by atoms with Crippen LogP contribution >= 0.6 is 11.3 Å². The van der Waals surface area contributed by atoms with E-state index in [4.69, 9.17) is 4.74 Å². The van der Waals surface area contributed by atoms with Crippen LogP contribution in [0.25, 0.3) is 5.69 Å². The van der Waals surface area contributed by atoms with Gasteiger partial charge in [-0.15, -0.1) is 11.3 Å². The van der Waals surface area contributed by atoms with Crippen LogP contribution in [0.5, 0.6) is 5.75 Å². The number of rotatable bonds is 5. The Morgan fingerprint density at radius 2 is 1.80 bits per heavy atom. The molecular formula is C28H25N3O3S. The maximum absolute atomic E-state index is 13.7. The van der Waals surface area contributed by atoms with Gasteiger partial charge in [0.05, 0.1) is 17.9 Å². The molecule has 2 unspecified atom stereocenters. The molecule has 0 fully saturated rings. The second-order valence-corrected chi connectivity index (χ2v) is 9.85. The van der Waals surface area contributed by atoms with Crippen molar-refractivity contribution in [1.82, 2.24) is 9.78 Å². The second-order valence-electron chi connectivity index (χ2n) is 8.87. The van der Waals surface area contributed by atoms with E-state index >= 15 is 0 Å². The van der Waals surface area contributed by atoms with Crippen LogP contribution in [-0.2, 0) is 4.79 Å². The van der Waals surface area contributed by atoms with Crippen molar-refractivity contribution in [2.45, 2.75) is 31.6 Å². The van der Waals surface area contributed by atoms with E-state index in [1.165, 1.54) is 4.88 Å². The number of thiophene rings is 1. The number of allylic oxidation sites excluding steroid dienone is 2. The molecule has 0 bridgehead atoms. The number of ether oxygens (including phenoxy) is 1. The zero-order valence-electron chi connectivity index (χ0n) is 19.3. The van der Waals surface area contributed by atoms with Crippen molar-refractivity contribution >= 4 is 22.9 Å². The monoisotopic (exact) mass is 483 g/mol. The number of carbonyl (C=O) groups is 1. The van der Waals surface area contributed by atoms with Crippen LogP contribution < -0.4 is 15.6 Å². The molecule has 0 spiro atoms. The number of carbonyl (C=O) groups excluding carboxylic acids is 1. The number of nitrogens with one attached hydrogen (secondary N) is 2. The summed E-state index contributed by atoms with van der Waals surface area (Å²) in [4.78, 5) is 28.6. The maximum atomic E-state index is 13.7. The van der Waals surface area contributed by atoms with Crippen LogP contribution in [0.15, 0.2) is 88.2 Å². The minimum Gasteiger partial charge on any atom is -0.494 e. The molecule has 0 saturated heterocycles. The van der Waals surface area contributed by atoms with Gasteiger partial charge < -0.3 is 10.1 Å². The number of H-pyrrole nitrogens is 1. The first kappa shape index (κ1) is 21.7. The molecule has 1 aliphatic heterocycles. The Hall–Kier alpha value is -3.84. The average molecular weight is 484 g/mol. The highest BCUT2D eigenvalue weighted by Gasteiger charge is 2.41. The van der Waals surface area contributed by atoms with E-state index in [1.807, 2.05) is 67.6 Å². The number of anilines is 1. The first-order chi connectivity index (χ1) is 17.1. The van der Waals surface area contributed by atoms with Crippen LogP contribution in [0, 0.1) is 0 Å². The standard InChI is InChI=1S/C28H25N3O3S/c1-2-34-20-12-10-17(11-13-20)24-25-21(15-18(16-22(25)32)23-9-6-14-35-23)29-27-26(24)28(33)31(30-27)19-7-4-3-5-8-19/h3-14,18,24,29-30H,2,15-16H2,1H3. The number of ketones is 1. The van der Waals surface area contributed by atoms with E-state index < -0.39 is 5.92 Å². The zero-order chi connectivity index (χ0) is 23.9. The van der Waals surface area contributed by atoms with Crippen molar-refractivity contribution < 1.29 is 9.53 Å². The molecule has 2 aromatic heterocycles. The molecule has 35 heavy (non-hydrogen) atoms. The molecule has 7 heteroatoms. The highest BCUT2D eigenvalue weighted by Crippen LogP contribution is 2.47. The minimum absolute atomic E-state index is 0.0912. The van der Waals surface area contributed by atoms with Crippen LogP contribution in [0.1, 0.15) is 47.6 Å². The summed E-state index contributed by atoms with van der Waals surface area (Å²) < 4.78 is 7.18. The Balaban J connectivity index is 1.50. The van der Waals surface area contributed by atoms with Gasteiger partial charge in [0.1, 0.15) is 11.6 Å². The van der Waals surface area contributed by atoms with Gasteiger partial charge in [-0.2, -0.15) is 0 Å². The third-order valence-electron chi connectivity index (χ3n) is 6.77. The summed E-state index contributed by atoms with van der Waals surface area (Å²) >= 11 is 1.69. The summed E-state index contributed by atoms with van der Waals surface area (Å²) in [6.07, 6.45) is 1.17. The lowest BCUT2D eigenvalue weighted by molar-refractivity contribution is -0.116. The molecular weight excluding hydrogens is 458 g/mol. The first-order valence-corrected chi connectivity index (χ1v) is 12.7. The van der Waals surface area contributed by atoms with Gasteiger partial charge in [0.15, 0.2) is 5.78 Å². The van der Waals surface area contributed by atoms with Gasteiger partial charge in [-0.25, -0.2) is 4.68 Å². The van der Waals surface area contributed by atoms with Crippen molar-refractivity contribution in [3.05, 3.63) is 110 Å². The minimum atomic E-state index is -0.442. The van der Waals surface area contributed by atoms with Crippen molar-refractivity contribution in [3.63, 3.8) is 0 Å². The lowest BCUT2D eigenvalue weighted by Gasteiger charge is -2.34. The molecule has 0 saturated carbocycles. The summed E-state index contributed by atoms with van der Waals surface area (Å²) in [6.45, 7) is 2.52. The molecule has 2 N–H and O–H groups in total. The van der Waals surface area contributed by atoms with Crippen molar-refractivity contribution in [1.29, 1.82) is 0 Å². The Morgan fingerprint density at radius 1 is 1.00 bits per heavy atom. The van der Waals surface area contributed by atoms with Gasteiger partial charge in [0.25, 0.3) is 5.56 Å². The van der Waals surface area contributed by atoms with Crippen molar-refractivity contribution in [2.24, 2.45) is 0 Å². The van der Waals surface area contributed by atoms with Crippen LogP contribution in [0.2, 0.25) is 0 Å². The summed E-state index contributed by atoms with van der Waals surface area (Å²) in [6, 6.07) is 21.4. The number of hydrogen-bond acceptors (Lipinski definition) is 5. The summed E-state index contributed by atoms with van der Waals surface area (Å²) in [7, 11) is 0. The number of aromatic nitrogens is 2. The molecule has 2 aliphatic rings. The van der Waals surface area contributed by atoms with Gasteiger partial charge >= 0.3 is 0 Å². The van der Waals surface area contributed by atoms with Crippen molar-refractivity contribution in [2.75, 3.05) is 11.9 Å². The number of para-hydroxylation sites is 1. The SMILES string of the molecule is CCOc1ccc(C2C3=C(CC(c4cccs4)CC3=O)Nc3[nH]n(-c4ccccc4)c(=O)c32)cc1. The van der Waals surface area contributed by atoms with Crippen LogP contribution in [0.3, 0.4) is 0 Å². The number of hydrogen-bond donors (Lipinski definition) is 2. The molecule has 6 rings (SSSR count). The van der Waals surface area contributed by atoms with E-state index in [0.717, 1.165) is 29.1 Å². The number of fused-ring (bicyclic) bond motifs is 1. The number of benzene rings is 2. The molecule has 0 amide bonds. The lowest BCUT2D eigenvalue weighted by atomic mass is 9.74. The molecule has 4 aromatic rings. The molecule has 3 heterocycles. The zero-order valence-corrected chi connectivity index (χ0v) is 20.1. The topological polar surface area (TPSA) is 76.1 Å². The number of aromatic amines is 1. The Morgan fingerprint density at radius 3 is 2.51 bits per heavy atom. The third-order valence-corrected chi connectivity index (χ3v) is 7.81. The molecule has 1 aliphatic carbocycles. The van der Waals surface area contributed by atoms with Gasteiger partial charge in [-0.3, -0.25) is 14.7 Å². The van der Waals surface area contributed by atoms with Gasteiger partial charge in [0.2, 0.25) is 0 Å². The van der Waals surface area contributed by atoms with Crippen molar-refractivity contribution in [3.8, 4) is 11.4 Å². The summed E-state index contributed by atoms with van der Waals surface area (Å²) in [5, 5.41) is 8.77. The lowest BCUT2D eigenvalue weighted by Crippen LogP contribution is -2.31. The molecule has 2 atom stereocenters. The summed E-state index contributed by atoms with van der Waals surface area (Å²) in [5.41, 5.74) is 3.66. The van der Waals surface area contributed by atoms with Gasteiger partial charge in [-0.1, -0.05) is 36.4 Å². The predicted octanol–water partition coefficient (Wildman–Crippen LogP) is 5.58. The van der Waals surface area contributed by atoms with Gasteiger partial charge in [0, 0.05) is 34.4 Å². The third kappa shape index (κ3) is 3.72. The van der Waals surface area contributed by atoms with Crippen LogP contribution in [0.4, 0.5) is 5.82 Å². The Labute approximate surface area is 206 Å². The van der Waals surface area contributed by atoms with E-state index in [-0.39, 0.29) is 17.3 Å². The fourth-order valence-corrected chi connectivity index (χ4v) is 6.06. The maximum Gasteiger partial charge on any atom is 0.277 e. The highest BCUT2D eigenvalue weighted by atomic mass is 32.1. The quantitative estimate of drug-likeness (QED) is 0.388. The molecule has 6 nitrogen and oxygen atoms in total. The van der Waals surface area contributed by atoms with E-state index in [9.17, 15) is 9.59 Å². The second kappa shape index (κ2) is 8.74. The molecule has 2 aromatic carbocycles. The fraction of sp³-hybridized carbons (Fsp3) is 0.214. The Kier molecular flexibility index (Phi) is 5.41. The number of Topliss-reactive ketones (excluding diaryl/α,β-unsaturated/α-hetero) is 1. The van der Waals surface area contributed by atoms with Gasteiger partial charge in [-0.05, 0) is 54.6 Å². The first-order valence-electron chi connectivity index (χ1n) is 11.8. The largest absolute Gasteiger partial charge is 0.494 e. The van der Waals surface area contributed by atoms with E-state index in [1.54, 1.807) is 16.0 Å².